The van der Waals surface area contributed by atoms with E-state index in [9.17, 15) is 19.8 Å². The highest BCUT2D eigenvalue weighted by molar-refractivity contribution is 7.21. The number of carbonyl (C=O) groups excluding carboxylic acids is 2. The van der Waals surface area contributed by atoms with Crippen LogP contribution in [0.15, 0.2) is 133 Å². The molecular weight excluding hydrogens is 715 g/mol. The first kappa shape index (κ1) is 37.8. The number of ketones is 1. The number of allylic oxidation sites excluding steroid dienone is 2. The highest BCUT2D eigenvalue weighted by Crippen LogP contribution is 2.59. The van der Waals surface area contributed by atoms with Crippen molar-refractivity contribution in [2.45, 2.75) is 83.0 Å². The molecule has 0 saturated heterocycles. The van der Waals surface area contributed by atoms with Crippen LogP contribution >= 0.6 is 11.3 Å². The number of aliphatic hydroxyl groups is 2. The lowest BCUT2D eigenvalue weighted by molar-refractivity contribution is -0.0802. The minimum absolute atomic E-state index is 0.0390. The van der Waals surface area contributed by atoms with Gasteiger partial charge in [0.05, 0.1) is 23.1 Å². The molecule has 4 atom stereocenters. The number of fused-ring (bicyclic) bond motifs is 10. The van der Waals surface area contributed by atoms with E-state index in [2.05, 4.69) is 32.1 Å². The van der Waals surface area contributed by atoms with E-state index in [1.165, 1.54) is 16.9 Å². The van der Waals surface area contributed by atoms with Gasteiger partial charge < -0.3 is 19.8 Å². The van der Waals surface area contributed by atoms with Crippen LogP contribution in [-0.2, 0) is 13.0 Å². The van der Waals surface area contributed by atoms with Gasteiger partial charge in [0.1, 0.15) is 5.75 Å². The predicted molar refractivity (Wildman–Crippen MR) is 225 cm³/mol. The number of ether oxygens (including phenoxy) is 1. The Hall–Kier alpha value is -5.08. The van der Waals surface area contributed by atoms with Crippen molar-refractivity contribution in [2.75, 3.05) is 6.54 Å². The van der Waals surface area contributed by atoms with E-state index >= 15 is 0 Å². The van der Waals surface area contributed by atoms with E-state index in [0.29, 0.717) is 48.3 Å². The summed E-state index contributed by atoms with van der Waals surface area (Å²) in [6, 6.07) is 39.6. The fourth-order valence-corrected chi connectivity index (χ4v) is 10.1. The second-order valence-electron chi connectivity index (χ2n) is 16.1. The smallest absolute Gasteiger partial charge is 0.410 e. The number of nitrogens with zero attached hydrogens (tertiary/aromatic N) is 1. The molecule has 1 heterocycles. The second-order valence-corrected chi connectivity index (χ2v) is 17.2. The Kier molecular flexibility index (Phi) is 10.7. The van der Waals surface area contributed by atoms with Crippen LogP contribution in [0.4, 0.5) is 4.79 Å². The number of rotatable bonds is 7. The lowest BCUT2D eigenvalue weighted by atomic mass is 9.64. The number of aliphatic hydroxyl groups excluding tert-OH is 1. The van der Waals surface area contributed by atoms with Gasteiger partial charge in [0.25, 0.3) is 0 Å². The highest BCUT2D eigenvalue weighted by Gasteiger charge is 2.58. The van der Waals surface area contributed by atoms with Crippen molar-refractivity contribution in [2.24, 2.45) is 5.41 Å². The van der Waals surface area contributed by atoms with Crippen molar-refractivity contribution in [3.05, 3.63) is 160 Å². The maximum atomic E-state index is 14.7. The number of amides is 1. The SMILES string of the molecule is CC1=CCCC2(C)C(CCC2(O)CN(Cc2ccccc2)C(=O)Oc2ccc3ccccc3c2)c2ccc(cc2C(=O)c2cc3ccccc3s2)CC(O)CC1. The van der Waals surface area contributed by atoms with E-state index in [1.54, 1.807) is 4.90 Å². The third-order valence-corrected chi connectivity index (χ3v) is 13.5. The number of hydrogen-bond donors (Lipinski definition) is 2. The summed E-state index contributed by atoms with van der Waals surface area (Å²) in [7, 11) is 0. The molecule has 5 aromatic carbocycles. The highest BCUT2D eigenvalue weighted by atomic mass is 32.1. The predicted octanol–water partition coefficient (Wildman–Crippen LogP) is 11.0. The fourth-order valence-electron chi connectivity index (χ4n) is 9.12. The van der Waals surface area contributed by atoms with E-state index in [0.717, 1.165) is 50.4 Å². The third-order valence-electron chi connectivity index (χ3n) is 12.4. The molecule has 2 N–H and O–H groups in total. The molecule has 1 saturated carbocycles. The number of thiophene rings is 1. The van der Waals surface area contributed by atoms with Crippen LogP contribution in [0.2, 0.25) is 0 Å². The lowest BCUT2D eigenvalue weighted by Gasteiger charge is -2.46. The van der Waals surface area contributed by atoms with E-state index < -0.39 is 23.2 Å². The minimum atomic E-state index is -1.31. The van der Waals surface area contributed by atoms with Gasteiger partial charge in [-0.05, 0) is 121 Å². The Bertz CT molecular complexity index is 2390. The van der Waals surface area contributed by atoms with Gasteiger partial charge in [-0.25, -0.2) is 4.79 Å². The lowest BCUT2D eigenvalue weighted by Crippen LogP contribution is -2.54. The van der Waals surface area contributed by atoms with Crippen molar-refractivity contribution in [3.8, 4) is 5.75 Å². The van der Waals surface area contributed by atoms with Crippen LogP contribution in [-0.4, -0.2) is 45.2 Å². The molecule has 9 rings (SSSR count). The van der Waals surface area contributed by atoms with Gasteiger partial charge in [0, 0.05) is 22.2 Å². The molecule has 0 radical (unpaired) electrons. The van der Waals surface area contributed by atoms with Crippen molar-refractivity contribution in [3.63, 3.8) is 0 Å². The van der Waals surface area contributed by atoms with Crippen LogP contribution in [0.5, 0.6) is 5.75 Å². The fraction of sp³-hybridized carbons (Fsp3) is 0.306. The minimum Gasteiger partial charge on any atom is -0.410 e. The van der Waals surface area contributed by atoms with E-state index in [1.807, 2.05) is 109 Å². The monoisotopic (exact) mass is 763 g/mol. The summed E-state index contributed by atoms with van der Waals surface area (Å²) < 4.78 is 7.14. The van der Waals surface area contributed by atoms with Crippen molar-refractivity contribution in [1.82, 2.24) is 4.90 Å². The average molecular weight is 764 g/mol. The number of hydrogen-bond acceptors (Lipinski definition) is 6. The normalized spacial score (nSPS) is 22.7. The topological polar surface area (TPSA) is 87.1 Å². The van der Waals surface area contributed by atoms with Crippen LogP contribution in [0, 0.1) is 5.41 Å². The molecule has 4 unspecified atom stereocenters. The summed E-state index contributed by atoms with van der Waals surface area (Å²) in [5.74, 6) is 0.233. The number of benzene rings is 5. The standard InChI is InChI=1S/C49H49NO5S/c1-33-11-10-25-48(2)43(41-23-19-35(27-39(51)21-18-33)28-42(41)46(52)45-30-38-16-8-9-17-44(38)56-45)24-26-49(48,54)32-50(31-34-12-4-3-5-13-34)47(53)55-40-22-20-36-14-6-7-15-37(36)29-40/h3-9,11-17,19-20,22-23,28-30,39,43,51,54H,10,18,21,24-27,31-32H2,1-2H3. The summed E-state index contributed by atoms with van der Waals surface area (Å²) in [6.45, 7) is 4.59. The summed E-state index contributed by atoms with van der Waals surface area (Å²) in [4.78, 5) is 31.3. The van der Waals surface area contributed by atoms with Crippen LogP contribution in [0.1, 0.15) is 90.2 Å². The van der Waals surface area contributed by atoms with Crippen LogP contribution in [0.3, 0.4) is 0 Å². The maximum absolute atomic E-state index is 14.7. The van der Waals surface area contributed by atoms with Gasteiger partial charge >= 0.3 is 6.09 Å². The molecule has 286 valence electrons. The molecule has 0 aliphatic heterocycles. The van der Waals surface area contributed by atoms with Gasteiger partial charge in [0.2, 0.25) is 5.78 Å². The molecule has 56 heavy (non-hydrogen) atoms. The largest absolute Gasteiger partial charge is 0.415 e. The first-order valence-corrected chi connectivity index (χ1v) is 20.6. The zero-order valence-electron chi connectivity index (χ0n) is 32.1. The summed E-state index contributed by atoms with van der Waals surface area (Å²) >= 11 is 1.50. The van der Waals surface area contributed by atoms with E-state index in [4.69, 9.17) is 4.74 Å². The summed E-state index contributed by atoms with van der Waals surface area (Å²) in [5, 5.41) is 27.3. The van der Waals surface area contributed by atoms with Gasteiger partial charge in [-0.15, -0.1) is 11.3 Å². The summed E-state index contributed by atoms with van der Waals surface area (Å²) in [5.41, 5.74) is 2.58. The molecule has 1 fully saturated rings. The number of carbonyl (C=O) groups is 2. The first-order valence-electron chi connectivity index (χ1n) is 19.8. The molecule has 3 aliphatic rings. The molecule has 7 heteroatoms. The van der Waals surface area contributed by atoms with Crippen LogP contribution < -0.4 is 4.74 Å². The molecule has 1 aromatic heterocycles. The molecule has 3 aliphatic carbocycles. The molecule has 6 nitrogen and oxygen atoms in total. The Labute approximate surface area is 333 Å². The zero-order chi connectivity index (χ0) is 38.9. The Morgan fingerprint density at radius 1 is 0.839 bits per heavy atom. The molecule has 1 amide bonds. The second kappa shape index (κ2) is 15.8. The van der Waals surface area contributed by atoms with Crippen molar-refractivity contribution >= 4 is 44.1 Å². The first-order chi connectivity index (χ1) is 27.1. The Balaban J connectivity index is 1.18. The van der Waals surface area contributed by atoms with Crippen molar-refractivity contribution in [1.29, 1.82) is 0 Å². The third kappa shape index (κ3) is 7.68. The van der Waals surface area contributed by atoms with Gasteiger partial charge in [-0.2, -0.15) is 0 Å². The Morgan fingerprint density at radius 3 is 2.39 bits per heavy atom. The van der Waals surface area contributed by atoms with Gasteiger partial charge in [-0.3, -0.25) is 4.79 Å². The molecular formula is C49H49NO5S. The van der Waals surface area contributed by atoms with Gasteiger partial charge in [-0.1, -0.05) is 110 Å². The molecule has 6 aromatic rings. The molecule has 2 bridgehead atoms. The van der Waals surface area contributed by atoms with Gasteiger partial charge in [0.15, 0.2) is 0 Å². The Morgan fingerprint density at radius 2 is 1.59 bits per heavy atom. The van der Waals surface area contributed by atoms with Crippen molar-refractivity contribution < 1.29 is 24.5 Å². The van der Waals surface area contributed by atoms with E-state index in [-0.39, 0.29) is 24.8 Å². The quantitative estimate of drug-likeness (QED) is 0.125. The molecule has 0 spiro atoms. The maximum Gasteiger partial charge on any atom is 0.415 e. The zero-order valence-corrected chi connectivity index (χ0v) is 32.9. The van der Waals surface area contributed by atoms with Crippen LogP contribution in [0.25, 0.3) is 20.9 Å². The summed E-state index contributed by atoms with van der Waals surface area (Å²) in [6.07, 6.45) is 5.49. The average Bonchev–Trinajstić information content (AvgIpc) is 3.75.